The van der Waals surface area contributed by atoms with Crippen LogP contribution >= 0.6 is 0 Å². The van der Waals surface area contributed by atoms with E-state index in [4.69, 9.17) is 9.97 Å². The SMILES string of the molecule is CC12CCCCC1(C)N(c1nccc3ccccc13)c1ccc(-c3ccc4c(c3)C3(c5ccccc5-c5ccccc53)c3cc(-c5ccc6c(c5)C5(C)CCCCC5(C)N6c5nccc6ccccc56)ccc3-4)cc12. The molecule has 1 spiro atoms. The Morgan fingerprint density at radius 3 is 1.19 bits per heavy atom. The first-order valence-corrected chi connectivity index (χ1v) is 27.7. The maximum atomic E-state index is 5.18. The fraction of sp³-hybridized carbons (Fsp3) is 0.239. The second-order valence-corrected chi connectivity index (χ2v) is 23.8. The minimum atomic E-state index is -0.493. The van der Waals surface area contributed by atoms with Crippen LogP contribution in [0.3, 0.4) is 0 Å². The minimum Gasteiger partial charge on any atom is -0.319 e. The molecule has 0 saturated heterocycles. The van der Waals surface area contributed by atoms with Gasteiger partial charge < -0.3 is 9.80 Å². The smallest absolute Gasteiger partial charge is 0.141 e. The van der Waals surface area contributed by atoms with Crippen LogP contribution in [0.25, 0.3) is 66.1 Å². The summed E-state index contributed by atoms with van der Waals surface area (Å²) < 4.78 is 0. The molecular formula is C71H60N4. The molecule has 4 aliphatic carbocycles. The summed E-state index contributed by atoms with van der Waals surface area (Å²) in [5, 5.41) is 4.90. The van der Waals surface area contributed by atoms with Gasteiger partial charge in [0.1, 0.15) is 11.6 Å². The molecule has 8 aromatic carbocycles. The van der Waals surface area contributed by atoms with Crippen LogP contribution in [0.5, 0.6) is 0 Å². The van der Waals surface area contributed by atoms with Crippen LogP contribution in [0.4, 0.5) is 23.0 Å². The van der Waals surface area contributed by atoms with E-state index in [0.29, 0.717) is 0 Å². The highest BCUT2D eigenvalue weighted by Gasteiger charge is 2.60. The van der Waals surface area contributed by atoms with Crippen molar-refractivity contribution in [3.05, 3.63) is 228 Å². The number of fused-ring (bicyclic) bond motifs is 18. The Bertz CT molecular complexity index is 3820. The predicted octanol–water partition coefficient (Wildman–Crippen LogP) is 17.9. The van der Waals surface area contributed by atoms with E-state index >= 15 is 0 Å². The molecule has 0 N–H and O–H groups in total. The summed E-state index contributed by atoms with van der Waals surface area (Å²) in [6.45, 7) is 10.1. The van der Waals surface area contributed by atoms with Gasteiger partial charge in [0.2, 0.25) is 0 Å². The Morgan fingerprint density at radius 1 is 0.347 bits per heavy atom. The summed E-state index contributed by atoms with van der Waals surface area (Å²) >= 11 is 0. The zero-order valence-corrected chi connectivity index (χ0v) is 43.4. The molecule has 0 amide bonds. The van der Waals surface area contributed by atoms with Crippen molar-refractivity contribution in [2.45, 2.75) is 106 Å². The Hall–Kier alpha value is -7.82. The Balaban J connectivity index is 0.865. The molecule has 2 fully saturated rings. The van der Waals surface area contributed by atoms with E-state index in [1.165, 1.54) is 136 Å². The van der Waals surface area contributed by atoms with Crippen molar-refractivity contribution in [3.8, 4) is 44.5 Å². The molecule has 4 heteroatoms. The van der Waals surface area contributed by atoms with Crippen LogP contribution in [0.2, 0.25) is 0 Å². The van der Waals surface area contributed by atoms with Crippen molar-refractivity contribution < 1.29 is 0 Å². The Morgan fingerprint density at radius 2 is 0.720 bits per heavy atom. The summed E-state index contributed by atoms with van der Waals surface area (Å²) in [6.07, 6.45) is 13.5. The van der Waals surface area contributed by atoms with Gasteiger partial charge in [-0.1, -0.05) is 173 Å². The van der Waals surface area contributed by atoms with Gasteiger partial charge >= 0.3 is 0 Å². The number of hydrogen-bond acceptors (Lipinski definition) is 4. The summed E-state index contributed by atoms with van der Waals surface area (Å²) in [6, 6.07) is 70.0. The van der Waals surface area contributed by atoms with E-state index in [-0.39, 0.29) is 21.9 Å². The van der Waals surface area contributed by atoms with Crippen molar-refractivity contribution in [2.75, 3.05) is 9.80 Å². The maximum Gasteiger partial charge on any atom is 0.141 e. The second kappa shape index (κ2) is 15.2. The highest BCUT2D eigenvalue weighted by Crippen LogP contribution is 2.66. The van der Waals surface area contributed by atoms with Crippen LogP contribution in [0.15, 0.2) is 194 Å². The molecular weight excluding hydrogens is 909 g/mol. The molecule has 16 rings (SSSR count). The monoisotopic (exact) mass is 968 g/mol. The first kappa shape index (κ1) is 43.6. The van der Waals surface area contributed by atoms with Gasteiger partial charge in [-0.3, -0.25) is 0 Å². The molecule has 4 unspecified atom stereocenters. The third-order valence-electron chi connectivity index (χ3n) is 20.7. The molecule has 0 radical (unpaired) electrons. The maximum absolute atomic E-state index is 5.18. The molecule has 75 heavy (non-hydrogen) atoms. The number of rotatable bonds is 4. The standard InChI is InChI=1S/C71H60N4/c1-67-35-13-15-37-69(67,3)74(65-51-19-7-5-17-45(51)33-39-72-65)63-31-27-49(43-61(63)67)47-25-29-55-56-30-26-48(42-60(56)71(59(55)41-47)57-23-11-9-21-53(57)54-22-10-12-24-58(54)71)50-28-32-64-62(44-50)68(2)36-14-16-38-70(68,4)75(64)66-52-20-8-6-18-46(52)34-40-73-66/h5-12,17-34,39-44H,13-16,35-38H2,1-4H3. The van der Waals surface area contributed by atoms with Crippen LogP contribution in [-0.2, 0) is 16.2 Å². The van der Waals surface area contributed by atoms with Gasteiger partial charge in [-0.15, -0.1) is 0 Å². The van der Waals surface area contributed by atoms with Crippen LogP contribution in [0, 0.1) is 0 Å². The molecule has 0 bridgehead atoms. The lowest BCUT2D eigenvalue weighted by molar-refractivity contribution is 0.194. The summed E-state index contributed by atoms with van der Waals surface area (Å²) in [5.41, 5.74) is 20.6. The van der Waals surface area contributed by atoms with Gasteiger partial charge in [0.15, 0.2) is 0 Å². The second-order valence-electron chi connectivity index (χ2n) is 23.8. The number of anilines is 4. The van der Waals surface area contributed by atoms with E-state index in [2.05, 4.69) is 219 Å². The van der Waals surface area contributed by atoms with Crippen molar-refractivity contribution in [1.29, 1.82) is 0 Å². The largest absolute Gasteiger partial charge is 0.319 e. The number of pyridine rings is 2. The minimum absolute atomic E-state index is 0.0428. The van der Waals surface area contributed by atoms with Gasteiger partial charge in [0, 0.05) is 45.4 Å². The molecule has 6 aliphatic rings. The number of nitrogens with zero attached hydrogens (tertiary/aromatic N) is 4. The van der Waals surface area contributed by atoms with Gasteiger partial charge in [0.25, 0.3) is 0 Å². The fourth-order valence-corrected chi connectivity index (χ4v) is 16.5. The van der Waals surface area contributed by atoms with Crippen molar-refractivity contribution in [3.63, 3.8) is 0 Å². The predicted molar refractivity (Wildman–Crippen MR) is 310 cm³/mol. The Kier molecular flexibility index (Phi) is 8.81. The lowest BCUT2D eigenvalue weighted by Gasteiger charge is -2.50. The molecule has 364 valence electrons. The highest BCUT2D eigenvalue weighted by molar-refractivity contribution is 6.00. The fourth-order valence-electron chi connectivity index (χ4n) is 16.5. The van der Waals surface area contributed by atoms with E-state index in [0.717, 1.165) is 37.3 Å². The van der Waals surface area contributed by atoms with E-state index in [9.17, 15) is 0 Å². The first-order chi connectivity index (χ1) is 36.7. The van der Waals surface area contributed by atoms with Crippen LogP contribution in [0.1, 0.15) is 112 Å². The normalized spacial score (nSPS) is 24.1. The van der Waals surface area contributed by atoms with Gasteiger partial charge in [-0.05, 0) is 177 Å². The number of benzene rings is 8. The summed E-state index contributed by atoms with van der Waals surface area (Å²) in [7, 11) is 0. The van der Waals surface area contributed by atoms with Crippen molar-refractivity contribution >= 4 is 44.6 Å². The van der Waals surface area contributed by atoms with Crippen molar-refractivity contribution in [1.82, 2.24) is 9.97 Å². The first-order valence-electron chi connectivity index (χ1n) is 27.7. The summed E-state index contributed by atoms with van der Waals surface area (Å²) in [4.78, 5) is 15.6. The number of aromatic nitrogens is 2. The number of hydrogen-bond donors (Lipinski definition) is 0. The zero-order valence-electron chi connectivity index (χ0n) is 43.4. The van der Waals surface area contributed by atoms with E-state index < -0.39 is 5.41 Å². The molecule has 10 aromatic rings. The van der Waals surface area contributed by atoms with Gasteiger partial charge in [-0.25, -0.2) is 9.97 Å². The van der Waals surface area contributed by atoms with Crippen LogP contribution in [-0.4, -0.2) is 21.0 Å². The molecule has 2 saturated carbocycles. The summed E-state index contributed by atoms with van der Waals surface area (Å²) in [5.74, 6) is 2.15. The average Bonchev–Trinajstić information content (AvgIpc) is 4.06. The highest BCUT2D eigenvalue weighted by atomic mass is 15.3. The van der Waals surface area contributed by atoms with Gasteiger partial charge in [0.05, 0.1) is 16.5 Å². The lowest BCUT2D eigenvalue weighted by atomic mass is 9.61. The lowest BCUT2D eigenvalue weighted by Crippen LogP contribution is -2.54. The molecule has 2 aromatic heterocycles. The van der Waals surface area contributed by atoms with E-state index in [1.54, 1.807) is 0 Å². The van der Waals surface area contributed by atoms with E-state index in [1.807, 2.05) is 12.4 Å². The molecule has 4 nitrogen and oxygen atoms in total. The van der Waals surface area contributed by atoms with Crippen LogP contribution < -0.4 is 9.80 Å². The zero-order chi connectivity index (χ0) is 50.1. The molecule has 4 atom stereocenters. The quantitative estimate of drug-likeness (QED) is 0.176. The van der Waals surface area contributed by atoms with Gasteiger partial charge in [-0.2, -0.15) is 0 Å². The van der Waals surface area contributed by atoms with Crippen molar-refractivity contribution in [2.24, 2.45) is 0 Å². The Labute approximate surface area is 440 Å². The molecule has 2 aliphatic heterocycles. The third kappa shape index (κ3) is 5.42. The molecule has 4 heterocycles. The third-order valence-corrected chi connectivity index (χ3v) is 20.7. The topological polar surface area (TPSA) is 32.3 Å². The average molecular weight is 969 g/mol.